The number of benzene rings is 1. The van der Waals surface area contributed by atoms with E-state index in [1.807, 2.05) is 0 Å². The van der Waals surface area contributed by atoms with Gasteiger partial charge in [-0.2, -0.15) is 0 Å². The number of fused-ring (bicyclic) bond motifs is 1. The highest BCUT2D eigenvalue weighted by molar-refractivity contribution is 5.47. The van der Waals surface area contributed by atoms with Crippen molar-refractivity contribution in [3.8, 4) is 5.75 Å². The van der Waals surface area contributed by atoms with Crippen LogP contribution in [0.1, 0.15) is 43.9 Å². The van der Waals surface area contributed by atoms with Crippen molar-refractivity contribution in [2.45, 2.75) is 45.6 Å². The second-order valence-corrected chi connectivity index (χ2v) is 6.27. The highest BCUT2D eigenvalue weighted by atomic mass is 19.1. The Labute approximate surface area is 121 Å². The maximum Gasteiger partial charge on any atom is 0.122 e. The van der Waals surface area contributed by atoms with Gasteiger partial charge in [-0.25, -0.2) is 4.39 Å². The molecule has 1 aromatic carbocycles. The third-order valence-corrected chi connectivity index (χ3v) is 4.63. The molecule has 0 saturated carbocycles. The summed E-state index contributed by atoms with van der Waals surface area (Å²) in [6, 6.07) is 4.47. The molecule has 0 atom stereocenters. The summed E-state index contributed by atoms with van der Waals surface area (Å²) in [5.41, 5.74) is 4.06. The van der Waals surface area contributed by atoms with Crippen molar-refractivity contribution < 1.29 is 9.13 Å². The van der Waals surface area contributed by atoms with Crippen molar-refractivity contribution >= 4 is 0 Å². The Balaban J connectivity index is 2.38. The molecule has 0 spiro atoms. The third kappa shape index (κ3) is 2.98. The van der Waals surface area contributed by atoms with Crippen molar-refractivity contribution in [1.29, 1.82) is 0 Å². The molecule has 1 aromatic rings. The van der Waals surface area contributed by atoms with Gasteiger partial charge in [0.05, 0.1) is 7.11 Å². The van der Waals surface area contributed by atoms with Crippen LogP contribution in [0.2, 0.25) is 0 Å². The fourth-order valence-electron chi connectivity index (χ4n) is 2.84. The molecule has 1 aliphatic heterocycles. The minimum Gasteiger partial charge on any atom is -0.496 e. The first-order valence-corrected chi connectivity index (χ1v) is 7.50. The quantitative estimate of drug-likeness (QED) is 0.814. The van der Waals surface area contributed by atoms with Crippen molar-refractivity contribution in [2.24, 2.45) is 0 Å². The number of halogens is 1. The predicted octanol–water partition coefficient (Wildman–Crippen LogP) is 3.71. The lowest BCUT2D eigenvalue weighted by molar-refractivity contribution is 0.230. The summed E-state index contributed by atoms with van der Waals surface area (Å²) in [6.07, 6.45) is 2.05. The van der Waals surface area contributed by atoms with Gasteiger partial charge >= 0.3 is 0 Å². The molecule has 1 heterocycles. The number of nitrogens with zero attached hydrogens (tertiary/aromatic N) is 1. The van der Waals surface area contributed by atoms with Crippen molar-refractivity contribution in [1.82, 2.24) is 4.90 Å². The molecule has 0 N–H and O–H groups in total. The number of methoxy groups -OCH3 is 1. The minimum atomic E-state index is -0.265. The Morgan fingerprint density at radius 2 is 2.05 bits per heavy atom. The van der Waals surface area contributed by atoms with Crippen LogP contribution in [0.5, 0.6) is 5.75 Å². The summed E-state index contributed by atoms with van der Waals surface area (Å²) in [4.78, 5) is 2.19. The van der Waals surface area contributed by atoms with Gasteiger partial charge in [-0.3, -0.25) is 4.90 Å². The maximum absolute atomic E-state index is 12.5. The zero-order chi connectivity index (χ0) is 14.8. The smallest absolute Gasteiger partial charge is 0.122 e. The second-order valence-electron chi connectivity index (χ2n) is 6.27. The summed E-state index contributed by atoms with van der Waals surface area (Å²) in [5.74, 6) is 0.995. The molecular formula is C17H26FNO. The van der Waals surface area contributed by atoms with E-state index in [0.29, 0.717) is 6.54 Å². The molecule has 20 heavy (non-hydrogen) atoms. The van der Waals surface area contributed by atoms with E-state index in [9.17, 15) is 4.39 Å². The summed E-state index contributed by atoms with van der Waals surface area (Å²) in [5, 5.41) is 0. The summed E-state index contributed by atoms with van der Waals surface area (Å²) in [7, 11) is 1.75. The number of alkyl halides is 1. The fraction of sp³-hybridized carbons (Fsp3) is 0.647. The lowest BCUT2D eigenvalue weighted by atomic mass is 9.79. The van der Waals surface area contributed by atoms with E-state index >= 15 is 0 Å². The van der Waals surface area contributed by atoms with Gasteiger partial charge in [0.25, 0.3) is 0 Å². The van der Waals surface area contributed by atoms with E-state index in [0.717, 1.165) is 31.7 Å². The van der Waals surface area contributed by atoms with Gasteiger partial charge in [0.15, 0.2) is 0 Å². The first-order chi connectivity index (χ1) is 9.51. The van der Waals surface area contributed by atoms with E-state index < -0.39 is 0 Å². The topological polar surface area (TPSA) is 12.5 Å². The van der Waals surface area contributed by atoms with Crippen LogP contribution in [0.25, 0.3) is 0 Å². The molecule has 0 saturated heterocycles. The van der Waals surface area contributed by atoms with Gasteiger partial charge in [-0.1, -0.05) is 20.8 Å². The molecule has 2 nitrogen and oxygen atoms in total. The van der Waals surface area contributed by atoms with Crippen molar-refractivity contribution in [3.63, 3.8) is 0 Å². The van der Waals surface area contributed by atoms with Crippen LogP contribution < -0.4 is 4.74 Å². The molecule has 3 heteroatoms. The predicted molar refractivity (Wildman–Crippen MR) is 81.3 cm³/mol. The maximum atomic E-state index is 12.5. The Bertz CT molecular complexity index is 470. The molecule has 0 aliphatic carbocycles. The normalized spacial score (nSPS) is 16.1. The Hall–Kier alpha value is -1.09. The molecule has 0 radical (unpaired) electrons. The lowest BCUT2D eigenvalue weighted by Crippen LogP contribution is -2.32. The molecule has 0 amide bonds. The fourth-order valence-corrected chi connectivity index (χ4v) is 2.84. The van der Waals surface area contributed by atoms with Crippen LogP contribution >= 0.6 is 0 Å². The van der Waals surface area contributed by atoms with Crippen LogP contribution in [-0.4, -0.2) is 31.8 Å². The average Bonchev–Trinajstić information content (AvgIpc) is 2.46. The Morgan fingerprint density at radius 1 is 1.30 bits per heavy atom. The number of hydrogen-bond donors (Lipinski definition) is 0. The second kappa shape index (κ2) is 6.13. The third-order valence-electron chi connectivity index (χ3n) is 4.63. The van der Waals surface area contributed by atoms with E-state index in [4.69, 9.17) is 4.74 Å². The molecular weight excluding hydrogens is 253 g/mol. The average molecular weight is 279 g/mol. The summed E-state index contributed by atoms with van der Waals surface area (Å²) >= 11 is 0. The van der Waals surface area contributed by atoms with Crippen molar-refractivity contribution in [2.75, 3.05) is 26.9 Å². The molecule has 0 bridgehead atoms. The largest absolute Gasteiger partial charge is 0.496 e. The van der Waals surface area contributed by atoms with E-state index in [-0.39, 0.29) is 12.1 Å². The minimum absolute atomic E-state index is 0.0999. The number of ether oxygens (including phenoxy) is 1. The van der Waals surface area contributed by atoms with Gasteiger partial charge in [0.1, 0.15) is 12.4 Å². The number of rotatable bonds is 5. The Kier molecular flexibility index (Phi) is 4.69. The SMILES string of the molecule is CCC(C)(C)c1cc2c(cc1OC)CCN(CCF)C2. The van der Waals surface area contributed by atoms with Gasteiger partial charge in [0, 0.05) is 25.2 Å². The first kappa shape index (κ1) is 15.3. The number of hydrogen-bond acceptors (Lipinski definition) is 2. The van der Waals surface area contributed by atoms with Gasteiger partial charge in [-0.05, 0) is 41.5 Å². The van der Waals surface area contributed by atoms with Crippen LogP contribution in [0.15, 0.2) is 12.1 Å². The summed E-state index contributed by atoms with van der Waals surface area (Å²) in [6.45, 7) is 8.77. The van der Waals surface area contributed by atoms with Gasteiger partial charge < -0.3 is 4.74 Å². The molecule has 2 rings (SSSR count). The first-order valence-electron chi connectivity index (χ1n) is 7.50. The molecule has 112 valence electrons. The van der Waals surface area contributed by atoms with Crippen molar-refractivity contribution in [3.05, 3.63) is 28.8 Å². The van der Waals surface area contributed by atoms with E-state index in [1.165, 1.54) is 16.7 Å². The zero-order valence-electron chi connectivity index (χ0n) is 13.1. The molecule has 0 unspecified atom stereocenters. The zero-order valence-corrected chi connectivity index (χ0v) is 13.1. The van der Waals surface area contributed by atoms with Crippen LogP contribution in [0, 0.1) is 0 Å². The van der Waals surface area contributed by atoms with E-state index in [1.54, 1.807) is 7.11 Å². The molecule has 0 fully saturated rings. The highest BCUT2D eigenvalue weighted by Crippen LogP contribution is 2.37. The van der Waals surface area contributed by atoms with Gasteiger partial charge in [-0.15, -0.1) is 0 Å². The van der Waals surface area contributed by atoms with Crippen LogP contribution in [0.3, 0.4) is 0 Å². The summed E-state index contributed by atoms with van der Waals surface area (Å²) < 4.78 is 18.1. The molecule has 1 aliphatic rings. The lowest BCUT2D eigenvalue weighted by Gasteiger charge is -2.32. The van der Waals surface area contributed by atoms with E-state index in [2.05, 4.69) is 37.8 Å². The van der Waals surface area contributed by atoms with Crippen LogP contribution in [-0.2, 0) is 18.4 Å². The highest BCUT2D eigenvalue weighted by Gasteiger charge is 2.26. The standard InChI is InChI=1S/C17H26FNO/c1-5-17(2,3)15-10-14-12-19(9-7-18)8-6-13(14)11-16(15)20-4/h10-11H,5-9,12H2,1-4H3. The Morgan fingerprint density at radius 3 is 2.65 bits per heavy atom. The monoisotopic (exact) mass is 279 g/mol. The molecule has 0 aromatic heterocycles. The van der Waals surface area contributed by atoms with Gasteiger partial charge in [0.2, 0.25) is 0 Å². The van der Waals surface area contributed by atoms with Crippen LogP contribution in [0.4, 0.5) is 4.39 Å².